The Morgan fingerprint density at radius 3 is 2.62 bits per heavy atom. The molecular formula is C21H19N3O2. The highest BCUT2D eigenvalue weighted by Crippen LogP contribution is 2.23. The zero-order chi connectivity index (χ0) is 18.3. The number of aryl methyl sites for hydroxylation is 3. The van der Waals surface area contributed by atoms with Crippen molar-refractivity contribution in [3.63, 3.8) is 0 Å². The van der Waals surface area contributed by atoms with Crippen molar-refractivity contribution in [2.75, 3.05) is 0 Å². The molecule has 0 saturated carbocycles. The highest BCUT2D eigenvalue weighted by atomic mass is 16.3. The van der Waals surface area contributed by atoms with Crippen LogP contribution in [0.25, 0.3) is 22.4 Å². The summed E-state index contributed by atoms with van der Waals surface area (Å²) in [6, 6.07) is 11.8. The molecule has 0 aliphatic heterocycles. The van der Waals surface area contributed by atoms with E-state index in [4.69, 9.17) is 4.42 Å². The predicted octanol–water partition coefficient (Wildman–Crippen LogP) is 4.03. The van der Waals surface area contributed by atoms with E-state index in [1.165, 1.54) is 5.56 Å². The monoisotopic (exact) mass is 345 g/mol. The molecule has 26 heavy (non-hydrogen) atoms. The quantitative estimate of drug-likeness (QED) is 0.562. The third-order valence-electron chi connectivity index (χ3n) is 4.48. The first kappa shape index (κ1) is 16.3. The molecule has 0 atom stereocenters. The Balaban J connectivity index is 1.68. The second kappa shape index (κ2) is 6.26. The highest BCUT2D eigenvalue weighted by molar-refractivity contribution is 5.77. The number of oxazole rings is 1. The van der Waals surface area contributed by atoms with Crippen LogP contribution in [-0.2, 0) is 6.54 Å². The molecule has 0 saturated heterocycles. The van der Waals surface area contributed by atoms with Crippen LogP contribution in [0.5, 0.6) is 0 Å². The van der Waals surface area contributed by atoms with Gasteiger partial charge in [-0.15, -0.1) is 0 Å². The van der Waals surface area contributed by atoms with Gasteiger partial charge in [0.2, 0.25) is 5.89 Å². The van der Waals surface area contributed by atoms with Gasteiger partial charge in [0.1, 0.15) is 6.26 Å². The molecule has 5 nitrogen and oxygen atoms in total. The second-order valence-corrected chi connectivity index (χ2v) is 6.66. The van der Waals surface area contributed by atoms with Crippen molar-refractivity contribution in [1.82, 2.24) is 14.5 Å². The van der Waals surface area contributed by atoms with Gasteiger partial charge in [0, 0.05) is 5.56 Å². The molecule has 0 unspecified atom stereocenters. The van der Waals surface area contributed by atoms with E-state index in [1.54, 1.807) is 17.2 Å². The third kappa shape index (κ3) is 2.92. The van der Waals surface area contributed by atoms with E-state index in [0.29, 0.717) is 29.0 Å². The molecule has 0 aliphatic rings. The van der Waals surface area contributed by atoms with E-state index in [1.807, 2.05) is 44.2 Å². The zero-order valence-corrected chi connectivity index (χ0v) is 15.0. The van der Waals surface area contributed by atoms with Crippen LogP contribution in [-0.4, -0.2) is 14.5 Å². The minimum Gasteiger partial charge on any atom is -0.444 e. The zero-order valence-electron chi connectivity index (χ0n) is 15.0. The van der Waals surface area contributed by atoms with Crippen LogP contribution in [0.1, 0.15) is 22.4 Å². The van der Waals surface area contributed by atoms with Crippen molar-refractivity contribution in [3.05, 3.63) is 81.7 Å². The molecule has 0 amide bonds. The third-order valence-corrected chi connectivity index (χ3v) is 4.48. The first-order chi connectivity index (χ1) is 12.5. The molecular weight excluding hydrogens is 326 g/mol. The van der Waals surface area contributed by atoms with E-state index in [-0.39, 0.29) is 5.56 Å². The molecule has 5 heteroatoms. The first-order valence-corrected chi connectivity index (χ1v) is 8.49. The van der Waals surface area contributed by atoms with Gasteiger partial charge in [0.15, 0.2) is 0 Å². The van der Waals surface area contributed by atoms with E-state index in [0.717, 1.165) is 16.7 Å². The summed E-state index contributed by atoms with van der Waals surface area (Å²) < 4.78 is 7.20. The standard InChI is InChI=1S/C21H19N3O2/c1-13-4-6-17(15(3)8-13)20-23-16(11-26-20)10-24-12-22-19-7-5-14(2)9-18(19)21(24)25/h4-9,11-12H,10H2,1-3H3. The maximum Gasteiger partial charge on any atom is 0.261 e. The molecule has 0 bridgehead atoms. The van der Waals surface area contributed by atoms with Crippen LogP contribution in [0.15, 0.2) is 58.2 Å². The summed E-state index contributed by atoms with van der Waals surface area (Å²) in [6.45, 7) is 6.37. The minimum atomic E-state index is -0.0743. The van der Waals surface area contributed by atoms with Crippen molar-refractivity contribution in [2.24, 2.45) is 0 Å². The number of hydrogen-bond donors (Lipinski definition) is 0. The van der Waals surface area contributed by atoms with E-state index in [9.17, 15) is 4.79 Å². The normalized spacial score (nSPS) is 11.2. The summed E-state index contributed by atoms with van der Waals surface area (Å²) in [5.74, 6) is 0.565. The molecule has 0 fully saturated rings. The Hall–Kier alpha value is -3.21. The summed E-state index contributed by atoms with van der Waals surface area (Å²) in [5, 5.41) is 0.616. The SMILES string of the molecule is Cc1ccc(-c2nc(Cn3cnc4ccc(C)cc4c3=O)co2)c(C)c1. The van der Waals surface area contributed by atoms with E-state index >= 15 is 0 Å². The Morgan fingerprint density at radius 1 is 1.04 bits per heavy atom. The van der Waals surface area contributed by atoms with Gasteiger partial charge in [0.05, 0.1) is 29.5 Å². The van der Waals surface area contributed by atoms with E-state index in [2.05, 4.69) is 23.0 Å². The Labute approximate surface area is 151 Å². The molecule has 4 aromatic rings. The van der Waals surface area contributed by atoms with Crippen LogP contribution in [0, 0.1) is 20.8 Å². The fraction of sp³-hybridized carbons (Fsp3) is 0.190. The number of rotatable bonds is 3. The molecule has 4 rings (SSSR count). The lowest BCUT2D eigenvalue weighted by molar-refractivity contribution is 0.570. The van der Waals surface area contributed by atoms with Crippen molar-refractivity contribution < 1.29 is 4.42 Å². The van der Waals surface area contributed by atoms with Crippen LogP contribution in [0.3, 0.4) is 0 Å². The smallest absolute Gasteiger partial charge is 0.261 e. The maximum atomic E-state index is 12.7. The molecule has 0 N–H and O–H groups in total. The van der Waals surface area contributed by atoms with Gasteiger partial charge < -0.3 is 4.42 Å². The average Bonchev–Trinajstić information content (AvgIpc) is 3.06. The number of fused-ring (bicyclic) bond motifs is 1. The Morgan fingerprint density at radius 2 is 1.81 bits per heavy atom. The first-order valence-electron chi connectivity index (χ1n) is 8.49. The Kier molecular flexibility index (Phi) is 3.92. The number of benzene rings is 2. The van der Waals surface area contributed by atoms with Crippen LogP contribution in [0.2, 0.25) is 0 Å². The lowest BCUT2D eigenvalue weighted by Crippen LogP contribution is -2.21. The number of nitrogens with zero attached hydrogens (tertiary/aromatic N) is 3. The highest BCUT2D eigenvalue weighted by Gasteiger charge is 2.11. The summed E-state index contributed by atoms with van der Waals surface area (Å²) in [6.07, 6.45) is 3.16. The van der Waals surface area contributed by atoms with Crippen LogP contribution >= 0.6 is 0 Å². The summed E-state index contributed by atoms with van der Waals surface area (Å²) in [5.41, 5.74) is 5.62. The molecule has 2 aromatic heterocycles. The van der Waals surface area contributed by atoms with Gasteiger partial charge in [-0.25, -0.2) is 9.97 Å². The van der Waals surface area contributed by atoms with Gasteiger partial charge in [0.25, 0.3) is 5.56 Å². The van der Waals surface area contributed by atoms with Crippen molar-refractivity contribution >= 4 is 10.9 Å². The molecule has 2 heterocycles. The van der Waals surface area contributed by atoms with Gasteiger partial charge in [-0.3, -0.25) is 9.36 Å². The van der Waals surface area contributed by atoms with Crippen molar-refractivity contribution in [2.45, 2.75) is 27.3 Å². The van der Waals surface area contributed by atoms with Crippen molar-refractivity contribution in [1.29, 1.82) is 0 Å². The second-order valence-electron chi connectivity index (χ2n) is 6.66. The molecule has 2 aromatic carbocycles. The molecule has 130 valence electrons. The molecule has 0 radical (unpaired) electrons. The lowest BCUT2D eigenvalue weighted by Gasteiger charge is -2.05. The Bertz CT molecular complexity index is 1170. The minimum absolute atomic E-state index is 0.0743. The molecule has 0 aliphatic carbocycles. The van der Waals surface area contributed by atoms with E-state index < -0.39 is 0 Å². The maximum absolute atomic E-state index is 12.7. The van der Waals surface area contributed by atoms with Gasteiger partial charge >= 0.3 is 0 Å². The number of hydrogen-bond acceptors (Lipinski definition) is 4. The average molecular weight is 345 g/mol. The predicted molar refractivity (Wildman–Crippen MR) is 101 cm³/mol. The largest absolute Gasteiger partial charge is 0.444 e. The van der Waals surface area contributed by atoms with Gasteiger partial charge in [-0.1, -0.05) is 29.3 Å². The number of aromatic nitrogens is 3. The summed E-state index contributed by atoms with van der Waals surface area (Å²) in [4.78, 5) is 21.6. The van der Waals surface area contributed by atoms with Gasteiger partial charge in [-0.2, -0.15) is 0 Å². The van der Waals surface area contributed by atoms with Crippen LogP contribution in [0.4, 0.5) is 0 Å². The summed E-state index contributed by atoms with van der Waals surface area (Å²) in [7, 11) is 0. The topological polar surface area (TPSA) is 60.9 Å². The fourth-order valence-electron chi connectivity index (χ4n) is 3.12. The van der Waals surface area contributed by atoms with Crippen LogP contribution < -0.4 is 5.56 Å². The fourth-order valence-corrected chi connectivity index (χ4v) is 3.12. The van der Waals surface area contributed by atoms with Crippen molar-refractivity contribution in [3.8, 4) is 11.5 Å². The molecule has 0 spiro atoms. The van der Waals surface area contributed by atoms with Gasteiger partial charge in [-0.05, 0) is 44.5 Å². The lowest BCUT2D eigenvalue weighted by atomic mass is 10.1. The summed E-state index contributed by atoms with van der Waals surface area (Å²) >= 11 is 0.